The molecule has 18 heavy (non-hydrogen) atoms. The molecule has 2 rings (SSSR count). The molecule has 0 saturated heterocycles. The summed E-state index contributed by atoms with van der Waals surface area (Å²) in [6.45, 7) is 5.22. The molecule has 2 heterocycles. The minimum absolute atomic E-state index is 0.871. The van der Waals surface area contributed by atoms with Crippen LogP contribution in [-0.4, -0.2) is 26.3 Å². The lowest BCUT2D eigenvalue weighted by atomic mass is 10.1. The normalized spacial score (nSPS) is 10.6. The maximum Gasteiger partial charge on any atom is 0.161 e. The molecule has 0 unspecified atom stereocenters. The van der Waals surface area contributed by atoms with Crippen LogP contribution in [-0.2, 0) is 6.42 Å². The third-order valence-electron chi connectivity index (χ3n) is 2.69. The van der Waals surface area contributed by atoms with Crippen LogP contribution in [0.4, 0.5) is 5.82 Å². The molecular weight excluding hydrogens is 226 g/mol. The van der Waals surface area contributed by atoms with E-state index in [0.29, 0.717) is 0 Å². The van der Waals surface area contributed by atoms with Gasteiger partial charge in [0.25, 0.3) is 0 Å². The second-order valence-corrected chi connectivity index (χ2v) is 4.15. The summed E-state index contributed by atoms with van der Waals surface area (Å²) in [6, 6.07) is 1.90. The third kappa shape index (κ3) is 2.67. The number of hydrogen-bond acceptors (Lipinski definition) is 4. The van der Waals surface area contributed by atoms with Crippen LogP contribution in [0.3, 0.4) is 0 Å². The Morgan fingerprint density at radius 3 is 2.78 bits per heavy atom. The van der Waals surface area contributed by atoms with Crippen molar-refractivity contribution in [1.82, 2.24) is 19.7 Å². The molecule has 0 aliphatic heterocycles. The topological polar surface area (TPSA) is 55.6 Å². The van der Waals surface area contributed by atoms with Crippen LogP contribution in [0.2, 0.25) is 0 Å². The largest absolute Gasteiger partial charge is 0.370 e. The third-order valence-corrected chi connectivity index (χ3v) is 2.69. The van der Waals surface area contributed by atoms with E-state index in [1.807, 2.05) is 12.3 Å². The van der Waals surface area contributed by atoms with Gasteiger partial charge in [-0.3, -0.25) is 0 Å². The summed E-state index contributed by atoms with van der Waals surface area (Å²) >= 11 is 0. The van der Waals surface area contributed by atoms with E-state index in [-0.39, 0.29) is 0 Å². The number of nitrogens with zero attached hydrogens (tertiary/aromatic N) is 4. The molecule has 0 spiro atoms. The van der Waals surface area contributed by atoms with E-state index >= 15 is 0 Å². The van der Waals surface area contributed by atoms with Gasteiger partial charge in [-0.15, -0.1) is 0 Å². The van der Waals surface area contributed by atoms with Gasteiger partial charge in [0.15, 0.2) is 5.82 Å². The predicted molar refractivity (Wildman–Crippen MR) is 71.9 cm³/mol. The minimum Gasteiger partial charge on any atom is -0.370 e. The monoisotopic (exact) mass is 245 g/mol. The van der Waals surface area contributed by atoms with E-state index in [9.17, 15) is 0 Å². The molecule has 0 fully saturated rings. The highest BCUT2D eigenvalue weighted by atomic mass is 15.3. The van der Waals surface area contributed by atoms with E-state index in [1.165, 1.54) is 0 Å². The lowest BCUT2D eigenvalue weighted by Gasteiger charge is -2.13. The molecule has 5 heteroatoms. The first-order chi connectivity index (χ1) is 8.86. The summed E-state index contributed by atoms with van der Waals surface area (Å²) in [5.74, 6) is 1.80. The predicted octanol–water partition coefficient (Wildman–Crippen LogP) is 2.44. The van der Waals surface area contributed by atoms with Crippen molar-refractivity contribution in [1.29, 1.82) is 0 Å². The second kappa shape index (κ2) is 6.14. The number of aromatic nitrogens is 4. The van der Waals surface area contributed by atoms with Crippen molar-refractivity contribution >= 4 is 5.82 Å². The highest BCUT2D eigenvalue weighted by Gasteiger charge is 2.11. The van der Waals surface area contributed by atoms with Gasteiger partial charge in [-0.05, 0) is 18.9 Å². The van der Waals surface area contributed by atoms with Gasteiger partial charge in [0, 0.05) is 24.5 Å². The van der Waals surface area contributed by atoms with Gasteiger partial charge < -0.3 is 5.32 Å². The van der Waals surface area contributed by atoms with Crippen LogP contribution in [0.5, 0.6) is 0 Å². The smallest absolute Gasteiger partial charge is 0.161 e. The van der Waals surface area contributed by atoms with E-state index in [4.69, 9.17) is 0 Å². The van der Waals surface area contributed by atoms with Gasteiger partial charge in [0.2, 0.25) is 0 Å². The second-order valence-electron chi connectivity index (χ2n) is 4.15. The Hall–Kier alpha value is -1.91. The first kappa shape index (κ1) is 12.5. The maximum absolute atomic E-state index is 4.36. The molecule has 0 aromatic carbocycles. The maximum atomic E-state index is 4.36. The zero-order valence-electron chi connectivity index (χ0n) is 10.9. The SMILES string of the molecule is CCCNc1ncnc(-n2cccn2)c1CCC. The number of hydrogen-bond donors (Lipinski definition) is 1. The molecule has 0 bridgehead atoms. The molecule has 0 aliphatic carbocycles. The van der Waals surface area contributed by atoms with Crippen LogP contribution >= 0.6 is 0 Å². The average Bonchev–Trinajstić information content (AvgIpc) is 2.91. The average molecular weight is 245 g/mol. The van der Waals surface area contributed by atoms with Crippen molar-refractivity contribution in [2.45, 2.75) is 33.1 Å². The van der Waals surface area contributed by atoms with Crippen LogP contribution < -0.4 is 5.32 Å². The minimum atomic E-state index is 0.871. The van der Waals surface area contributed by atoms with Crippen molar-refractivity contribution in [3.63, 3.8) is 0 Å². The fourth-order valence-corrected chi connectivity index (χ4v) is 1.87. The molecule has 0 amide bonds. The molecule has 1 N–H and O–H groups in total. The van der Waals surface area contributed by atoms with Crippen molar-refractivity contribution in [2.75, 3.05) is 11.9 Å². The molecule has 0 saturated carbocycles. The zero-order chi connectivity index (χ0) is 12.8. The Bertz CT molecular complexity index is 478. The quantitative estimate of drug-likeness (QED) is 0.849. The molecule has 2 aromatic heterocycles. The first-order valence-corrected chi connectivity index (χ1v) is 6.44. The fourth-order valence-electron chi connectivity index (χ4n) is 1.87. The molecule has 2 aromatic rings. The van der Waals surface area contributed by atoms with Crippen molar-refractivity contribution in [3.8, 4) is 5.82 Å². The summed E-state index contributed by atoms with van der Waals surface area (Å²) in [5, 5.41) is 7.61. The zero-order valence-corrected chi connectivity index (χ0v) is 10.9. The van der Waals surface area contributed by atoms with Gasteiger partial charge in [-0.1, -0.05) is 20.3 Å². The van der Waals surface area contributed by atoms with Gasteiger partial charge in [0.1, 0.15) is 12.1 Å². The van der Waals surface area contributed by atoms with Crippen molar-refractivity contribution in [2.24, 2.45) is 0 Å². The Labute approximate surface area is 107 Å². The number of nitrogens with one attached hydrogen (secondary N) is 1. The van der Waals surface area contributed by atoms with Gasteiger partial charge in [-0.2, -0.15) is 5.10 Å². The summed E-state index contributed by atoms with van der Waals surface area (Å²) in [7, 11) is 0. The van der Waals surface area contributed by atoms with Crippen LogP contribution in [0.15, 0.2) is 24.8 Å². The number of anilines is 1. The standard InChI is InChI=1S/C13H19N5/c1-3-6-11-12(14-7-4-2)15-10-16-13(11)18-9-5-8-17-18/h5,8-10H,3-4,6-7H2,1-2H3,(H,14,15,16). The molecule has 5 nitrogen and oxygen atoms in total. The molecule has 96 valence electrons. The summed E-state index contributed by atoms with van der Waals surface area (Å²) in [6.07, 6.45) is 8.34. The van der Waals surface area contributed by atoms with E-state index in [1.54, 1.807) is 17.2 Å². The highest BCUT2D eigenvalue weighted by Crippen LogP contribution is 2.20. The van der Waals surface area contributed by atoms with Crippen LogP contribution in [0.1, 0.15) is 32.3 Å². The van der Waals surface area contributed by atoms with E-state index in [2.05, 4.69) is 34.2 Å². The molecular formula is C13H19N5. The summed E-state index contributed by atoms with van der Waals surface area (Å²) in [5.41, 5.74) is 1.14. The van der Waals surface area contributed by atoms with Gasteiger partial charge >= 0.3 is 0 Å². The summed E-state index contributed by atoms with van der Waals surface area (Å²) in [4.78, 5) is 8.70. The molecule has 0 atom stereocenters. The van der Waals surface area contributed by atoms with E-state index < -0.39 is 0 Å². The Balaban J connectivity index is 2.39. The van der Waals surface area contributed by atoms with Crippen LogP contribution in [0, 0.1) is 0 Å². The van der Waals surface area contributed by atoms with Gasteiger partial charge in [-0.25, -0.2) is 14.6 Å². The lowest BCUT2D eigenvalue weighted by Crippen LogP contribution is -2.11. The van der Waals surface area contributed by atoms with Gasteiger partial charge in [0.05, 0.1) is 0 Å². The fraction of sp³-hybridized carbons (Fsp3) is 0.462. The van der Waals surface area contributed by atoms with E-state index in [0.717, 1.165) is 43.0 Å². The van der Waals surface area contributed by atoms with Crippen molar-refractivity contribution in [3.05, 3.63) is 30.4 Å². The Morgan fingerprint density at radius 1 is 1.22 bits per heavy atom. The van der Waals surface area contributed by atoms with Crippen LogP contribution in [0.25, 0.3) is 5.82 Å². The summed E-state index contributed by atoms with van der Waals surface area (Å²) < 4.78 is 1.80. The Morgan fingerprint density at radius 2 is 2.11 bits per heavy atom. The lowest BCUT2D eigenvalue weighted by molar-refractivity contribution is 0.797. The van der Waals surface area contributed by atoms with Crippen molar-refractivity contribution < 1.29 is 0 Å². The molecule has 0 aliphatic rings. The molecule has 0 radical (unpaired) electrons. The number of rotatable bonds is 6. The Kier molecular flexibility index (Phi) is 4.28. The highest BCUT2D eigenvalue weighted by molar-refractivity contribution is 5.51. The first-order valence-electron chi connectivity index (χ1n) is 6.44.